The van der Waals surface area contributed by atoms with Crippen LogP contribution < -0.4 is 9.62 Å². The molecular formula is C19H23FN2O3S. The van der Waals surface area contributed by atoms with E-state index in [1.807, 2.05) is 32.0 Å². The topological polar surface area (TPSA) is 66.5 Å². The fraction of sp³-hybridized carbons (Fsp3) is 0.316. The van der Waals surface area contributed by atoms with E-state index in [1.54, 1.807) is 0 Å². The van der Waals surface area contributed by atoms with Gasteiger partial charge in [0.1, 0.15) is 5.82 Å². The normalized spacial score (nSPS) is 11.2. The molecule has 7 heteroatoms. The molecule has 0 heterocycles. The van der Waals surface area contributed by atoms with Crippen molar-refractivity contribution >= 4 is 27.3 Å². The van der Waals surface area contributed by atoms with Crippen LogP contribution in [0.5, 0.6) is 0 Å². The average Bonchev–Trinajstić information content (AvgIpc) is 2.51. The molecule has 0 atom stereocenters. The number of carbonyl (C=O) groups is 1. The zero-order valence-electron chi connectivity index (χ0n) is 15.1. The third kappa shape index (κ3) is 5.84. The standard InChI is InChI=1S/C19H23FN2O3S/c1-14-11-15(2)13-18(12-14)22(26(3,24)25)10-4-5-19(23)21-17-8-6-16(20)7-9-17/h6-9,11-13H,4-5,10H2,1-3H3,(H,21,23). The second kappa shape index (κ2) is 8.31. The smallest absolute Gasteiger partial charge is 0.232 e. The van der Waals surface area contributed by atoms with E-state index in [2.05, 4.69) is 5.32 Å². The minimum atomic E-state index is -3.45. The van der Waals surface area contributed by atoms with Crippen molar-refractivity contribution in [2.24, 2.45) is 0 Å². The SMILES string of the molecule is Cc1cc(C)cc(N(CCCC(=O)Nc2ccc(F)cc2)S(C)(=O)=O)c1. The summed E-state index contributed by atoms with van der Waals surface area (Å²) in [4.78, 5) is 12.0. The average molecular weight is 378 g/mol. The Hall–Kier alpha value is -2.41. The molecule has 1 amide bonds. The summed E-state index contributed by atoms with van der Waals surface area (Å²) in [6, 6.07) is 11.1. The van der Waals surface area contributed by atoms with Crippen LogP contribution in [0.1, 0.15) is 24.0 Å². The Bertz CT molecular complexity index is 860. The van der Waals surface area contributed by atoms with E-state index < -0.39 is 10.0 Å². The van der Waals surface area contributed by atoms with Crippen LogP contribution in [0.2, 0.25) is 0 Å². The Morgan fingerprint density at radius 1 is 1.08 bits per heavy atom. The zero-order chi connectivity index (χ0) is 19.3. The van der Waals surface area contributed by atoms with Crippen LogP contribution in [0.25, 0.3) is 0 Å². The van der Waals surface area contributed by atoms with Crippen LogP contribution in [0.15, 0.2) is 42.5 Å². The quantitative estimate of drug-likeness (QED) is 0.800. The molecular weight excluding hydrogens is 355 g/mol. The highest BCUT2D eigenvalue weighted by Crippen LogP contribution is 2.22. The summed E-state index contributed by atoms with van der Waals surface area (Å²) in [6.07, 6.45) is 1.69. The Morgan fingerprint density at radius 2 is 1.65 bits per heavy atom. The Labute approximate surface area is 153 Å². The van der Waals surface area contributed by atoms with Crippen molar-refractivity contribution in [2.75, 3.05) is 22.4 Å². The number of amides is 1. The number of hydrogen-bond acceptors (Lipinski definition) is 3. The molecule has 0 radical (unpaired) electrons. The summed E-state index contributed by atoms with van der Waals surface area (Å²) in [7, 11) is -3.45. The van der Waals surface area contributed by atoms with Gasteiger partial charge in [0.25, 0.3) is 0 Å². The third-order valence-electron chi connectivity index (χ3n) is 3.79. The first kappa shape index (κ1) is 19.9. The van der Waals surface area contributed by atoms with Crippen molar-refractivity contribution in [3.8, 4) is 0 Å². The summed E-state index contributed by atoms with van der Waals surface area (Å²) >= 11 is 0. The van der Waals surface area contributed by atoms with Crippen molar-refractivity contribution in [1.82, 2.24) is 0 Å². The Balaban J connectivity index is 1.99. The number of anilines is 2. The molecule has 5 nitrogen and oxygen atoms in total. The summed E-state index contributed by atoms with van der Waals surface area (Å²) in [5.41, 5.74) is 3.06. The number of hydrogen-bond donors (Lipinski definition) is 1. The second-order valence-electron chi connectivity index (χ2n) is 6.34. The molecule has 2 aromatic carbocycles. The number of sulfonamides is 1. The van der Waals surface area contributed by atoms with Crippen LogP contribution in [-0.2, 0) is 14.8 Å². The predicted octanol–water partition coefficient (Wildman–Crippen LogP) is 3.63. The van der Waals surface area contributed by atoms with Crippen molar-refractivity contribution in [1.29, 1.82) is 0 Å². The molecule has 1 N–H and O–H groups in total. The maximum Gasteiger partial charge on any atom is 0.232 e. The van der Waals surface area contributed by atoms with Gasteiger partial charge in [-0.1, -0.05) is 6.07 Å². The number of nitrogens with zero attached hydrogens (tertiary/aromatic N) is 1. The van der Waals surface area contributed by atoms with E-state index in [4.69, 9.17) is 0 Å². The number of halogens is 1. The van der Waals surface area contributed by atoms with Gasteiger partial charge in [-0.2, -0.15) is 0 Å². The lowest BCUT2D eigenvalue weighted by Crippen LogP contribution is -2.31. The maximum atomic E-state index is 12.9. The lowest BCUT2D eigenvalue weighted by Gasteiger charge is -2.23. The van der Waals surface area contributed by atoms with Gasteiger partial charge in [0, 0.05) is 18.7 Å². The van der Waals surface area contributed by atoms with Gasteiger partial charge < -0.3 is 5.32 Å². The number of benzene rings is 2. The van der Waals surface area contributed by atoms with Gasteiger partial charge in [-0.3, -0.25) is 9.10 Å². The van der Waals surface area contributed by atoms with Crippen molar-refractivity contribution in [3.05, 3.63) is 59.4 Å². The highest BCUT2D eigenvalue weighted by Gasteiger charge is 2.18. The second-order valence-corrected chi connectivity index (χ2v) is 8.25. The van der Waals surface area contributed by atoms with Gasteiger partial charge in [-0.25, -0.2) is 12.8 Å². The highest BCUT2D eigenvalue weighted by molar-refractivity contribution is 7.92. The molecule has 0 saturated carbocycles. The van der Waals surface area contributed by atoms with Gasteiger partial charge in [-0.05, 0) is 67.8 Å². The first-order valence-corrected chi connectivity index (χ1v) is 10.1. The van der Waals surface area contributed by atoms with Crippen LogP contribution in [0.3, 0.4) is 0 Å². The van der Waals surface area contributed by atoms with Gasteiger partial charge in [0.2, 0.25) is 15.9 Å². The predicted molar refractivity (Wildman–Crippen MR) is 102 cm³/mol. The first-order valence-electron chi connectivity index (χ1n) is 8.26. The first-order chi connectivity index (χ1) is 12.1. The van der Waals surface area contributed by atoms with Crippen LogP contribution in [0, 0.1) is 19.7 Å². The fourth-order valence-electron chi connectivity index (χ4n) is 2.72. The molecule has 2 rings (SSSR count). The van der Waals surface area contributed by atoms with Crippen LogP contribution in [-0.4, -0.2) is 27.1 Å². The molecule has 0 aromatic heterocycles. The number of aryl methyl sites for hydroxylation is 2. The van der Waals surface area contributed by atoms with E-state index in [0.29, 0.717) is 17.8 Å². The summed E-state index contributed by atoms with van der Waals surface area (Å²) in [5.74, 6) is -0.620. The van der Waals surface area contributed by atoms with Gasteiger partial charge >= 0.3 is 0 Å². The third-order valence-corrected chi connectivity index (χ3v) is 4.98. The summed E-state index contributed by atoms with van der Waals surface area (Å²) in [6.45, 7) is 4.03. The summed E-state index contributed by atoms with van der Waals surface area (Å²) < 4.78 is 38.5. The minimum absolute atomic E-state index is 0.161. The molecule has 0 aliphatic rings. The van der Waals surface area contributed by atoms with Crippen molar-refractivity contribution < 1.29 is 17.6 Å². The van der Waals surface area contributed by atoms with Crippen LogP contribution in [0.4, 0.5) is 15.8 Å². The van der Waals surface area contributed by atoms with E-state index in [-0.39, 0.29) is 24.7 Å². The van der Waals surface area contributed by atoms with Crippen LogP contribution >= 0.6 is 0 Å². The summed E-state index contributed by atoms with van der Waals surface area (Å²) in [5, 5.41) is 2.67. The minimum Gasteiger partial charge on any atom is -0.326 e. The van der Waals surface area contributed by atoms with Crippen molar-refractivity contribution in [3.63, 3.8) is 0 Å². The highest BCUT2D eigenvalue weighted by atomic mass is 32.2. The van der Waals surface area contributed by atoms with Crippen molar-refractivity contribution in [2.45, 2.75) is 26.7 Å². The molecule has 0 saturated heterocycles. The molecule has 0 fully saturated rings. The Morgan fingerprint density at radius 3 is 2.19 bits per heavy atom. The monoisotopic (exact) mass is 378 g/mol. The largest absolute Gasteiger partial charge is 0.326 e. The van der Waals surface area contributed by atoms with E-state index in [1.165, 1.54) is 28.6 Å². The molecule has 0 aliphatic heterocycles. The van der Waals surface area contributed by atoms with Gasteiger partial charge in [0.05, 0.1) is 11.9 Å². The molecule has 26 heavy (non-hydrogen) atoms. The van der Waals surface area contributed by atoms with E-state index >= 15 is 0 Å². The number of rotatable bonds is 7. The molecule has 0 bridgehead atoms. The number of nitrogens with one attached hydrogen (secondary N) is 1. The zero-order valence-corrected chi connectivity index (χ0v) is 15.9. The molecule has 0 spiro atoms. The van der Waals surface area contributed by atoms with E-state index in [0.717, 1.165) is 17.4 Å². The molecule has 140 valence electrons. The molecule has 0 aliphatic carbocycles. The van der Waals surface area contributed by atoms with E-state index in [9.17, 15) is 17.6 Å². The molecule has 2 aromatic rings. The lowest BCUT2D eigenvalue weighted by molar-refractivity contribution is -0.116. The van der Waals surface area contributed by atoms with Gasteiger partial charge in [0.15, 0.2) is 0 Å². The number of carbonyl (C=O) groups excluding carboxylic acids is 1. The lowest BCUT2D eigenvalue weighted by atomic mass is 10.1. The maximum absolute atomic E-state index is 12.9. The molecule has 0 unspecified atom stereocenters. The fourth-order valence-corrected chi connectivity index (χ4v) is 3.67. The Kier molecular flexibility index (Phi) is 6.37. The van der Waals surface area contributed by atoms with Gasteiger partial charge in [-0.15, -0.1) is 0 Å².